The zero-order valence-electron chi connectivity index (χ0n) is 10.2. The van der Waals surface area contributed by atoms with Crippen LogP contribution in [0, 0.1) is 11.6 Å². The van der Waals surface area contributed by atoms with Gasteiger partial charge in [0.25, 0.3) is 0 Å². The second-order valence-electron chi connectivity index (χ2n) is 4.47. The molecular weight excluding hydrogens is 270 g/mol. The Morgan fingerprint density at radius 2 is 1.95 bits per heavy atom. The minimum atomic E-state index is -0.863. The summed E-state index contributed by atoms with van der Waals surface area (Å²) in [7, 11) is 0. The van der Waals surface area contributed by atoms with Gasteiger partial charge in [0, 0.05) is 38.3 Å². The first-order chi connectivity index (χ1) is 9.22. The molecule has 2 heterocycles. The molecule has 0 radical (unpaired) electrons. The summed E-state index contributed by atoms with van der Waals surface area (Å²) in [5, 5.41) is 3.98. The maximum atomic E-state index is 13.1. The van der Waals surface area contributed by atoms with Gasteiger partial charge in [0.05, 0.1) is 16.9 Å². The van der Waals surface area contributed by atoms with E-state index in [0.717, 1.165) is 44.2 Å². The van der Waals surface area contributed by atoms with Crippen molar-refractivity contribution in [3.8, 4) is 0 Å². The molecule has 7 heteroatoms. The van der Waals surface area contributed by atoms with Crippen molar-refractivity contribution in [2.45, 2.75) is 5.16 Å². The molecule has 2 N–H and O–H groups in total. The van der Waals surface area contributed by atoms with Crippen molar-refractivity contribution in [1.82, 2.24) is 20.2 Å². The highest BCUT2D eigenvalue weighted by Crippen LogP contribution is 2.22. The quantitative estimate of drug-likeness (QED) is 0.844. The van der Waals surface area contributed by atoms with E-state index >= 15 is 0 Å². The van der Waals surface area contributed by atoms with Crippen molar-refractivity contribution in [2.24, 2.45) is 0 Å². The summed E-state index contributed by atoms with van der Waals surface area (Å²) in [5.41, 5.74) is 0.989. The summed E-state index contributed by atoms with van der Waals surface area (Å²) in [6, 6.07) is 2.27. The first kappa shape index (κ1) is 12.8. The highest BCUT2D eigenvalue weighted by molar-refractivity contribution is 7.99. The number of aromatic amines is 1. The molecule has 0 bridgehead atoms. The largest absolute Gasteiger partial charge is 0.333 e. The number of nitrogens with zero attached hydrogens (tertiary/aromatic N) is 2. The number of rotatable bonds is 3. The van der Waals surface area contributed by atoms with E-state index in [1.165, 1.54) is 0 Å². The molecule has 19 heavy (non-hydrogen) atoms. The van der Waals surface area contributed by atoms with Crippen LogP contribution in [0.2, 0.25) is 0 Å². The Balaban J connectivity index is 1.70. The third-order valence-electron chi connectivity index (χ3n) is 3.10. The van der Waals surface area contributed by atoms with Crippen molar-refractivity contribution in [1.29, 1.82) is 0 Å². The average Bonchev–Trinajstić information content (AvgIpc) is 2.80. The lowest BCUT2D eigenvalue weighted by Crippen LogP contribution is -2.43. The van der Waals surface area contributed by atoms with Crippen LogP contribution in [0.3, 0.4) is 0 Å². The monoisotopic (exact) mass is 284 g/mol. The molecule has 1 aromatic carbocycles. The van der Waals surface area contributed by atoms with Crippen LogP contribution < -0.4 is 5.32 Å². The molecule has 3 rings (SSSR count). The number of imidazole rings is 1. The molecule has 102 valence electrons. The summed E-state index contributed by atoms with van der Waals surface area (Å²) in [6.45, 7) is 4.02. The van der Waals surface area contributed by atoms with E-state index in [0.29, 0.717) is 16.2 Å². The van der Waals surface area contributed by atoms with Crippen molar-refractivity contribution in [3.05, 3.63) is 23.8 Å². The topological polar surface area (TPSA) is 44.0 Å². The zero-order valence-corrected chi connectivity index (χ0v) is 11.1. The van der Waals surface area contributed by atoms with E-state index in [1.807, 2.05) is 0 Å². The van der Waals surface area contributed by atoms with Crippen molar-refractivity contribution in [2.75, 3.05) is 32.1 Å². The van der Waals surface area contributed by atoms with Crippen LogP contribution in [0.1, 0.15) is 0 Å². The molecule has 4 nitrogen and oxygen atoms in total. The Labute approximate surface area is 113 Å². The van der Waals surface area contributed by atoms with Crippen LogP contribution in [0.15, 0.2) is 17.3 Å². The van der Waals surface area contributed by atoms with Gasteiger partial charge in [-0.1, -0.05) is 11.8 Å². The summed E-state index contributed by atoms with van der Waals surface area (Å²) >= 11 is 1.55. The van der Waals surface area contributed by atoms with Crippen LogP contribution in [-0.2, 0) is 0 Å². The minimum Gasteiger partial charge on any atom is -0.333 e. The molecule has 1 aromatic heterocycles. The van der Waals surface area contributed by atoms with Crippen LogP contribution in [0.5, 0.6) is 0 Å². The zero-order chi connectivity index (χ0) is 13.2. The first-order valence-corrected chi connectivity index (χ1v) is 7.11. The molecule has 1 aliphatic rings. The van der Waals surface area contributed by atoms with Gasteiger partial charge in [0.15, 0.2) is 16.8 Å². The Bertz CT molecular complexity index is 541. The summed E-state index contributed by atoms with van der Waals surface area (Å²) in [4.78, 5) is 9.58. The number of thioether (sulfide) groups is 1. The maximum absolute atomic E-state index is 13.1. The molecule has 1 saturated heterocycles. The number of aromatic nitrogens is 2. The number of benzene rings is 1. The summed E-state index contributed by atoms with van der Waals surface area (Å²) < 4.78 is 26.2. The number of halogens is 2. The standard InChI is InChI=1S/C12H14F2N4S/c13-8-5-10-11(6-9(8)14)17-12(16-10)19-7-18-3-1-15-2-4-18/h5-6,15H,1-4,7H2,(H,16,17). The smallest absolute Gasteiger partial charge is 0.167 e. The lowest BCUT2D eigenvalue weighted by Gasteiger charge is -2.26. The normalized spacial score (nSPS) is 17.2. The van der Waals surface area contributed by atoms with Crippen LogP contribution in [0.4, 0.5) is 8.78 Å². The van der Waals surface area contributed by atoms with Crippen molar-refractivity contribution < 1.29 is 8.78 Å². The SMILES string of the molecule is Fc1cc2nc(SCN3CCNCC3)[nH]c2cc1F. The third kappa shape index (κ3) is 2.88. The third-order valence-corrected chi connectivity index (χ3v) is 4.06. The fourth-order valence-electron chi connectivity index (χ4n) is 2.04. The molecule has 0 saturated carbocycles. The molecular formula is C12H14F2N4S. The number of H-pyrrole nitrogens is 1. The van der Waals surface area contributed by atoms with Gasteiger partial charge < -0.3 is 10.3 Å². The molecule has 1 fully saturated rings. The second kappa shape index (κ2) is 5.44. The second-order valence-corrected chi connectivity index (χ2v) is 5.40. The number of nitrogens with one attached hydrogen (secondary N) is 2. The van der Waals surface area contributed by atoms with Gasteiger partial charge in [-0.3, -0.25) is 4.90 Å². The highest BCUT2D eigenvalue weighted by Gasteiger charge is 2.12. The van der Waals surface area contributed by atoms with Gasteiger partial charge in [-0.25, -0.2) is 13.8 Å². The maximum Gasteiger partial charge on any atom is 0.167 e. The summed E-state index contributed by atoms with van der Waals surface area (Å²) in [5.74, 6) is -0.889. The molecule has 1 aliphatic heterocycles. The highest BCUT2D eigenvalue weighted by atomic mass is 32.2. The van der Waals surface area contributed by atoms with Gasteiger partial charge in [-0.15, -0.1) is 0 Å². The lowest BCUT2D eigenvalue weighted by molar-refractivity contribution is 0.280. The molecule has 0 aliphatic carbocycles. The Morgan fingerprint density at radius 3 is 2.74 bits per heavy atom. The lowest BCUT2D eigenvalue weighted by atomic mass is 10.3. The number of piperazine rings is 1. The van der Waals surface area contributed by atoms with Gasteiger partial charge >= 0.3 is 0 Å². The number of fused-ring (bicyclic) bond motifs is 1. The van der Waals surface area contributed by atoms with Gasteiger partial charge in [0.1, 0.15) is 0 Å². The molecule has 0 atom stereocenters. The van der Waals surface area contributed by atoms with Gasteiger partial charge in [0.2, 0.25) is 0 Å². The van der Waals surface area contributed by atoms with Gasteiger partial charge in [-0.05, 0) is 0 Å². The fraction of sp³-hybridized carbons (Fsp3) is 0.417. The van der Waals surface area contributed by atoms with Crippen LogP contribution >= 0.6 is 11.8 Å². The molecule has 2 aromatic rings. The average molecular weight is 284 g/mol. The molecule has 0 unspecified atom stereocenters. The van der Waals surface area contributed by atoms with E-state index in [4.69, 9.17) is 0 Å². The van der Waals surface area contributed by atoms with E-state index in [9.17, 15) is 8.78 Å². The van der Waals surface area contributed by atoms with E-state index in [2.05, 4.69) is 20.2 Å². The number of hydrogen-bond donors (Lipinski definition) is 2. The minimum absolute atomic E-state index is 0.460. The Kier molecular flexibility index (Phi) is 3.67. The van der Waals surface area contributed by atoms with E-state index in [1.54, 1.807) is 11.8 Å². The molecule has 0 spiro atoms. The molecule has 0 amide bonds. The predicted molar refractivity (Wildman–Crippen MR) is 71.2 cm³/mol. The Hall–Kier alpha value is -1.18. The predicted octanol–water partition coefficient (Wildman–Crippen LogP) is 1.80. The van der Waals surface area contributed by atoms with Crippen LogP contribution in [-0.4, -0.2) is 46.9 Å². The number of hydrogen-bond acceptors (Lipinski definition) is 4. The van der Waals surface area contributed by atoms with Gasteiger partial charge in [-0.2, -0.15) is 0 Å². The van der Waals surface area contributed by atoms with Crippen LogP contribution in [0.25, 0.3) is 11.0 Å². The fourth-order valence-corrected chi connectivity index (χ4v) is 2.95. The first-order valence-electron chi connectivity index (χ1n) is 6.13. The Morgan fingerprint density at radius 1 is 1.21 bits per heavy atom. The van der Waals surface area contributed by atoms with E-state index in [-0.39, 0.29) is 0 Å². The van der Waals surface area contributed by atoms with Crippen molar-refractivity contribution >= 4 is 22.8 Å². The van der Waals surface area contributed by atoms with E-state index < -0.39 is 11.6 Å². The summed E-state index contributed by atoms with van der Waals surface area (Å²) in [6.07, 6.45) is 0. The van der Waals surface area contributed by atoms with Crippen molar-refractivity contribution in [3.63, 3.8) is 0 Å².